The largest absolute Gasteiger partial charge is 0.394 e. The number of aliphatic hydroxyl groups excluding tert-OH is 1. The Balaban J connectivity index is 1.78. The molecule has 3 N–H and O–H groups in total. The molecule has 0 radical (unpaired) electrons. The highest BCUT2D eigenvalue weighted by molar-refractivity contribution is 8.02. The number of para-hydroxylation sites is 1. The van der Waals surface area contributed by atoms with Gasteiger partial charge < -0.3 is 20.6 Å². The van der Waals surface area contributed by atoms with E-state index in [1.807, 2.05) is 20.8 Å². The first-order valence-electron chi connectivity index (χ1n) is 12.1. The Morgan fingerprint density at radius 2 is 2.00 bits per heavy atom. The number of carbonyl (C=O) groups is 3. The molecule has 0 aromatic heterocycles. The normalized spacial score (nSPS) is 32.7. The van der Waals surface area contributed by atoms with Crippen LogP contribution >= 0.6 is 23.4 Å². The molecular formula is C25H34ClN3O4S. The zero-order valence-corrected chi connectivity index (χ0v) is 21.7. The molecular weight excluding hydrogens is 474 g/mol. The first kappa shape index (κ1) is 25.3. The van der Waals surface area contributed by atoms with Crippen molar-refractivity contribution in [2.75, 3.05) is 18.5 Å². The van der Waals surface area contributed by atoms with Gasteiger partial charge in [0.05, 0.1) is 39.9 Å². The maximum absolute atomic E-state index is 14.1. The van der Waals surface area contributed by atoms with E-state index in [4.69, 9.17) is 11.6 Å². The number of thioether (sulfide) groups is 1. The fraction of sp³-hybridized carbons (Fsp3) is 0.640. The minimum Gasteiger partial charge on any atom is -0.394 e. The average Bonchev–Trinajstić information content (AvgIpc) is 3.38. The monoisotopic (exact) mass is 507 g/mol. The van der Waals surface area contributed by atoms with Gasteiger partial charge in [-0.3, -0.25) is 14.4 Å². The molecule has 2 bridgehead atoms. The highest BCUT2D eigenvalue weighted by Gasteiger charge is 2.76. The second kappa shape index (κ2) is 9.70. The third-order valence-corrected chi connectivity index (χ3v) is 10.1. The first-order valence-corrected chi connectivity index (χ1v) is 13.4. The zero-order valence-electron chi connectivity index (χ0n) is 20.1. The number of carbonyl (C=O) groups excluding carboxylic acids is 3. The Labute approximate surface area is 210 Å². The van der Waals surface area contributed by atoms with Crippen molar-refractivity contribution in [3.8, 4) is 0 Å². The number of benzene rings is 1. The highest BCUT2D eigenvalue weighted by Crippen LogP contribution is 2.69. The van der Waals surface area contributed by atoms with Gasteiger partial charge in [0.15, 0.2) is 0 Å². The summed E-state index contributed by atoms with van der Waals surface area (Å²) in [7, 11) is 0. The Morgan fingerprint density at radius 3 is 2.62 bits per heavy atom. The lowest BCUT2D eigenvalue weighted by molar-refractivity contribution is -0.143. The number of rotatable bonds is 8. The second-order valence-corrected chi connectivity index (χ2v) is 12.0. The molecule has 3 heterocycles. The Bertz CT molecular complexity index is 975. The van der Waals surface area contributed by atoms with E-state index in [0.29, 0.717) is 17.3 Å². The van der Waals surface area contributed by atoms with Crippen LogP contribution in [0, 0.1) is 23.7 Å². The number of amides is 3. The molecule has 3 fully saturated rings. The predicted molar refractivity (Wildman–Crippen MR) is 135 cm³/mol. The van der Waals surface area contributed by atoms with E-state index in [2.05, 4.69) is 17.6 Å². The maximum Gasteiger partial charge on any atom is 0.248 e. The van der Waals surface area contributed by atoms with Crippen LogP contribution in [0.3, 0.4) is 0 Å². The van der Waals surface area contributed by atoms with Gasteiger partial charge in [0.1, 0.15) is 6.04 Å². The van der Waals surface area contributed by atoms with Gasteiger partial charge in [0, 0.05) is 11.8 Å². The summed E-state index contributed by atoms with van der Waals surface area (Å²) in [5.41, 5.74) is 0.481. The number of aliphatic hydroxyl groups is 1. The van der Waals surface area contributed by atoms with E-state index in [1.54, 1.807) is 40.9 Å². The number of anilines is 1. The van der Waals surface area contributed by atoms with Crippen molar-refractivity contribution in [2.24, 2.45) is 23.7 Å². The molecule has 0 saturated carbocycles. The summed E-state index contributed by atoms with van der Waals surface area (Å²) in [5.74, 6) is -1.72. The van der Waals surface area contributed by atoms with Crippen molar-refractivity contribution in [1.82, 2.24) is 10.2 Å². The molecule has 3 unspecified atom stereocenters. The van der Waals surface area contributed by atoms with Crippen LogP contribution in [-0.2, 0) is 14.4 Å². The van der Waals surface area contributed by atoms with Crippen molar-refractivity contribution in [2.45, 2.75) is 62.6 Å². The number of halogens is 1. The Kier molecular flexibility index (Phi) is 7.23. The molecule has 1 aromatic carbocycles. The molecule has 4 rings (SSSR count). The summed E-state index contributed by atoms with van der Waals surface area (Å²) >= 11 is 7.94. The smallest absolute Gasteiger partial charge is 0.248 e. The molecule has 9 heteroatoms. The summed E-state index contributed by atoms with van der Waals surface area (Å²) < 4.78 is -0.733. The van der Waals surface area contributed by atoms with E-state index in [-0.39, 0.29) is 41.4 Å². The molecule has 186 valence electrons. The molecule has 3 aliphatic heterocycles. The first-order chi connectivity index (χ1) is 16.2. The highest BCUT2D eigenvalue weighted by atomic mass is 35.5. The fourth-order valence-corrected chi connectivity index (χ4v) is 8.76. The van der Waals surface area contributed by atoms with Gasteiger partial charge in [-0.2, -0.15) is 0 Å². The minimum atomic E-state index is -0.810. The number of hydrogen-bond acceptors (Lipinski definition) is 5. The van der Waals surface area contributed by atoms with E-state index >= 15 is 0 Å². The van der Waals surface area contributed by atoms with Crippen LogP contribution in [0.15, 0.2) is 24.3 Å². The van der Waals surface area contributed by atoms with Crippen molar-refractivity contribution in [1.29, 1.82) is 0 Å². The lowest BCUT2D eigenvalue weighted by Gasteiger charge is -2.40. The standard InChI is InChI=1S/C25H34ClN3O4S/c1-5-10-27-22(31)19-18-11-14(4)25(34-18)20(19)24(33)29(17(12-30)13(2)3)21(25)23(32)28-16-9-7-6-8-15(16)26/h6-9,13-14,17-21,30H,5,10-12H2,1-4H3,(H,27,31)(H,28,32)/t14?,17-,18+,19-,20-,21?,25?/m0/s1. The average molecular weight is 508 g/mol. The number of nitrogens with one attached hydrogen (secondary N) is 2. The molecule has 34 heavy (non-hydrogen) atoms. The van der Waals surface area contributed by atoms with Crippen LogP contribution in [-0.4, -0.2) is 63.0 Å². The van der Waals surface area contributed by atoms with Gasteiger partial charge in [-0.1, -0.05) is 51.4 Å². The second-order valence-electron chi connectivity index (χ2n) is 10.1. The lowest BCUT2D eigenvalue weighted by Crippen LogP contribution is -2.58. The molecule has 3 amide bonds. The quantitative estimate of drug-likeness (QED) is 0.502. The van der Waals surface area contributed by atoms with Crippen LogP contribution in [0.25, 0.3) is 0 Å². The molecule has 7 atom stereocenters. The van der Waals surface area contributed by atoms with Crippen molar-refractivity contribution >= 4 is 46.8 Å². The summed E-state index contributed by atoms with van der Waals surface area (Å²) in [6, 6.07) is 5.67. The summed E-state index contributed by atoms with van der Waals surface area (Å²) in [4.78, 5) is 42.8. The summed E-state index contributed by atoms with van der Waals surface area (Å²) in [6.45, 7) is 8.24. The third-order valence-electron chi connectivity index (χ3n) is 7.73. The van der Waals surface area contributed by atoms with Crippen LogP contribution < -0.4 is 10.6 Å². The Hall–Kier alpha value is -1.77. The summed E-state index contributed by atoms with van der Waals surface area (Å²) in [5, 5.41) is 16.6. The van der Waals surface area contributed by atoms with Crippen LogP contribution in [0.2, 0.25) is 5.02 Å². The van der Waals surface area contributed by atoms with Gasteiger partial charge >= 0.3 is 0 Å². The van der Waals surface area contributed by atoms with Crippen LogP contribution in [0.1, 0.15) is 40.5 Å². The zero-order chi connectivity index (χ0) is 24.8. The topological polar surface area (TPSA) is 98.7 Å². The molecule has 7 nitrogen and oxygen atoms in total. The van der Waals surface area contributed by atoms with E-state index in [1.165, 1.54) is 0 Å². The van der Waals surface area contributed by atoms with Crippen molar-refractivity contribution < 1.29 is 19.5 Å². The predicted octanol–water partition coefficient (Wildman–Crippen LogP) is 3.16. The van der Waals surface area contributed by atoms with E-state index < -0.39 is 28.7 Å². The lowest BCUT2D eigenvalue weighted by atomic mass is 9.66. The van der Waals surface area contributed by atoms with Crippen molar-refractivity contribution in [3.63, 3.8) is 0 Å². The van der Waals surface area contributed by atoms with Gasteiger partial charge in [0.25, 0.3) is 0 Å². The van der Waals surface area contributed by atoms with Gasteiger partial charge in [-0.25, -0.2) is 0 Å². The number of fused-ring (bicyclic) bond motifs is 1. The molecule has 1 spiro atoms. The minimum absolute atomic E-state index is 0.00908. The Morgan fingerprint density at radius 1 is 1.29 bits per heavy atom. The molecule has 3 saturated heterocycles. The van der Waals surface area contributed by atoms with Crippen LogP contribution in [0.4, 0.5) is 5.69 Å². The van der Waals surface area contributed by atoms with Crippen molar-refractivity contribution in [3.05, 3.63) is 29.3 Å². The number of likely N-dealkylation sites (tertiary alicyclic amines) is 1. The maximum atomic E-state index is 14.1. The van der Waals surface area contributed by atoms with Gasteiger partial charge in [0.2, 0.25) is 17.7 Å². The van der Waals surface area contributed by atoms with Gasteiger partial charge in [-0.15, -0.1) is 11.8 Å². The molecule has 1 aromatic rings. The molecule has 0 aliphatic carbocycles. The number of nitrogens with zero attached hydrogens (tertiary/aromatic N) is 1. The third kappa shape index (κ3) is 3.82. The van der Waals surface area contributed by atoms with Crippen LogP contribution in [0.5, 0.6) is 0 Å². The fourth-order valence-electron chi connectivity index (χ4n) is 6.17. The summed E-state index contributed by atoms with van der Waals surface area (Å²) in [6.07, 6.45) is 1.58. The molecule has 3 aliphatic rings. The van der Waals surface area contributed by atoms with E-state index in [0.717, 1.165) is 12.8 Å². The number of hydrogen-bond donors (Lipinski definition) is 3. The van der Waals surface area contributed by atoms with E-state index in [9.17, 15) is 19.5 Å². The van der Waals surface area contributed by atoms with Gasteiger partial charge in [-0.05, 0) is 36.8 Å². The SMILES string of the molecule is CCCNC(=O)[C@@H]1[C@H]2C(=O)N([C@@H](CO)C(C)C)C(C(=O)Nc3ccccc3Cl)C23S[C@@H]1CC3C.